The molecule has 3 aliphatic rings. The molecule has 5 heterocycles. The van der Waals surface area contributed by atoms with E-state index in [-0.39, 0.29) is 11.8 Å². The number of carbonyl (C=O) groups excluding carboxylic acids is 2. The van der Waals surface area contributed by atoms with Crippen LogP contribution in [0.1, 0.15) is 26.0 Å². The fourth-order valence-corrected chi connectivity index (χ4v) is 5.04. The van der Waals surface area contributed by atoms with Crippen LogP contribution in [-0.4, -0.2) is 43.8 Å². The SMILES string of the molecule is CC12C[C@@H](O)C(C)(O1)[C@H]1C(=O)N(c3ccc(C#N)n4nccc34)C(=O)[C@H]12. The average molecular weight is 352 g/mol. The number of aliphatic hydroxyl groups excluding tert-OH is 1. The number of imide groups is 1. The van der Waals surface area contributed by atoms with Crippen molar-refractivity contribution in [2.45, 2.75) is 37.6 Å². The molecule has 5 rings (SSSR count). The van der Waals surface area contributed by atoms with Gasteiger partial charge in [0.25, 0.3) is 0 Å². The van der Waals surface area contributed by atoms with Crippen molar-refractivity contribution in [2.24, 2.45) is 11.8 Å². The van der Waals surface area contributed by atoms with E-state index < -0.39 is 29.1 Å². The maximum absolute atomic E-state index is 13.2. The maximum Gasteiger partial charge on any atom is 0.240 e. The minimum atomic E-state index is -1.07. The largest absolute Gasteiger partial charge is 0.390 e. The smallest absolute Gasteiger partial charge is 0.240 e. The normalized spacial score (nSPS) is 38.2. The third kappa shape index (κ3) is 1.54. The van der Waals surface area contributed by atoms with Crippen LogP contribution in [0.2, 0.25) is 0 Å². The lowest BCUT2D eigenvalue weighted by atomic mass is 9.67. The van der Waals surface area contributed by atoms with Crippen molar-refractivity contribution in [3.05, 3.63) is 30.1 Å². The van der Waals surface area contributed by atoms with Crippen LogP contribution < -0.4 is 4.90 Å². The van der Waals surface area contributed by atoms with Gasteiger partial charge >= 0.3 is 0 Å². The summed E-state index contributed by atoms with van der Waals surface area (Å²) in [5, 5.41) is 23.7. The van der Waals surface area contributed by atoms with Gasteiger partial charge in [-0.25, -0.2) is 9.42 Å². The van der Waals surface area contributed by atoms with Crippen molar-refractivity contribution in [3.63, 3.8) is 0 Å². The highest BCUT2D eigenvalue weighted by Gasteiger charge is 2.75. The Kier molecular flexibility index (Phi) is 2.68. The first-order chi connectivity index (χ1) is 12.3. The minimum Gasteiger partial charge on any atom is -0.390 e. The molecule has 132 valence electrons. The zero-order valence-corrected chi connectivity index (χ0v) is 14.2. The predicted octanol–water partition coefficient (Wildman–Crippen LogP) is 0.624. The standard InChI is InChI=1S/C18H16N4O4/c1-17-7-12(23)18(2,26-17)14-13(17)15(24)21(16(14)25)10-4-3-9(8-19)22-11(10)5-6-20-22/h3-6,12-14,23H,7H2,1-2H3/t12-,13+,14-,17?,18?/m1/s1. The third-order valence-corrected chi connectivity index (χ3v) is 6.18. The molecule has 2 bridgehead atoms. The van der Waals surface area contributed by atoms with Gasteiger partial charge in [-0.2, -0.15) is 10.4 Å². The second kappa shape index (κ2) is 4.50. The van der Waals surface area contributed by atoms with E-state index in [0.29, 0.717) is 23.3 Å². The highest BCUT2D eigenvalue weighted by molar-refractivity contribution is 6.24. The van der Waals surface area contributed by atoms with Crippen molar-refractivity contribution in [3.8, 4) is 6.07 Å². The molecule has 26 heavy (non-hydrogen) atoms. The Hall–Kier alpha value is -2.76. The van der Waals surface area contributed by atoms with Crippen LogP contribution in [0.25, 0.3) is 5.52 Å². The highest BCUT2D eigenvalue weighted by Crippen LogP contribution is 2.61. The first-order valence-corrected chi connectivity index (χ1v) is 8.45. The van der Waals surface area contributed by atoms with Gasteiger partial charge in [0.15, 0.2) is 0 Å². The van der Waals surface area contributed by atoms with E-state index in [0.717, 1.165) is 0 Å². The van der Waals surface area contributed by atoms with E-state index in [2.05, 4.69) is 5.10 Å². The van der Waals surface area contributed by atoms with Crippen molar-refractivity contribution in [1.29, 1.82) is 5.26 Å². The van der Waals surface area contributed by atoms with Gasteiger partial charge in [-0.1, -0.05) is 0 Å². The first kappa shape index (κ1) is 15.5. The van der Waals surface area contributed by atoms with Crippen LogP contribution in [0.15, 0.2) is 24.4 Å². The summed E-state index contributed by atoms with van der Waals surface area (Å²) >= 11 is 0. The number of amides is 2. The quantitative estimate of drug-likeness (QED) is 0.754. The van der Waals surface area contributed by atoms with Gasteiger partial charge in [0.1, 0.15) is 17.4 Å². The maximum atomic E-state index is 13.2. The molecule has 2 amide bonds. The molecular weight excluding hydrogens is 336 g/mol. The number of pyridine rings is 1. The van der Waals surface area contributed by atoms with Gasteiger partial charge in [0, 0.05) is 6.42 Å². The molecule has 2 unspecified atom stereocenters. The molecule has 2 aromatic heterocycles. The molecular formula is C18H16N4O4. The molecule has 8 nitrogen and oxygen atoms in total. The van der Waals surface area contributed by atoms with Crippen LogP contribution >= 0.6 is 0 Å². The molecule has 1 N–H and O–H groups in total. The number of hydrogen-bond acceptors (Lipinski definition) is 6. The van der Waals surface area contributed by atoms with Crippen LogP contribution in [0.4, 0.5) is 5.69 Å². The van der Waals surface area contributed by atoms with E-state index in [1.807, 2.05) is 6.07 Å². The van der Waals surface area contributed by atoms with Gasteiger partial charge in [0.2, 0.25) is 11.8 Å². The summed E-state index contributed by atoms with van der Waals surface area (Å²) in [6.07, 6.45) is 1.05. The molecule has 5 atom stereocenters. The summed E-state index contributed by atoms with van der Waals surface area (Å²) in [5.74, 6) is -2.05. The zero-order valence-electron chi connectivity index (χ0n) is 14.2. The van der Waals surface area contributed by atoms with E-state index in [4.69, 9.17) is 4.74 Å². The Labute approximate surface area is 148 Å². The number of fused-ring (bicyclic) bond motifs is 6. The molecule has 8 heteroatoms. The Morgan fingerprint density at radius 3 is 2.73 bits per heavy atom. The van der Waals surface area contributed by atoms with E-state index in [1.54, 1.807) is 26.0 Å². The number of anilines is 1. The van der Waals surface area contributed by atoms with Gasteiger partial charge in [-0.15, -0.1) is 0 Å². The van der Waals surface area contributed by atoms with Gasteiger partial charge in [0.05, 0.1) is 40.9 Å². The predicted molar refractivity (Wildman–Crippen MR) is 87.9 cm³/mol. The summed E-state index contributed by atoms with van der Waals surface area (Å²) in [7, 11) is 0. The fraction of sp³-hybridized carbons (Fsp3) is 0.444. The second-order valence-corrected chi connectivity index (χ2v) is 7.63. The average Bonchev–Trinajstić information content (AvgIpc) is 3.27. The van der Waals surface area contributed by atoms with Crippen LogP contribution in [-0.2, 0) is 14.3 Å². The molecule has 0 radical (unpaired) electrons. The summed E-state index contributed by atoms with van der Waals surface area (Å²) in [5.41, 5.74) is -0.708. The zero-order chi connectivity index (χ0) is 18.4. The number of aromatic nitrogens is 2. The van der Waals surface area contributed by atoms with Crippen LogP contribution in [0.5, 0.6) is 0 Å². The van der Waals surface area contributed by atoms with Crippen molar-refractivity contribution >= 4 is 23.0 Å². The molecule has 3 fully saturated rings. The molecule has 3 aliphatic heterocycles. The number of carbonyl (C=O) groups is 2. The topological polar surface area (TPSA) is 108 Å². The lowest BCUT2D eigenvalue weighted by molar-refractivity contribution is -0.132. The highest BCUT2D eigenvalue weighted by atomic mass is 16.6. The minimum absolute atomic E-state index is 0.311. The Balaban J connectivity index is 1.68. The van der Waals surface area contributed by atoms with Gasteiger partial charge in [-0.3, -0.25) is 9.59 Å². The molecule has 0 saturated carbocycles. The molecule has 3 saturated heterocycles. The monoisotopic (exact) mass is 352 g/mol. The molecule has 2 aromatic rings. The van der Waals surface area contributed by atoms with Crippen LogP contribution in [0.3, 0.4) is 0 Å². The molecule has 0 aromatic carbocycles. The number of hydrogen-bond donors (Lipinski definition) is 1. The number of rotatable bonds is 1. The summed E-state index contributed by atoms with van der Waals surface area (Å²) in [6.45, 7) is 3.49. The number of ether oxygens (including phenoxy) is 1. The fourth-order valence-electron chi connectivity index (χ4n) is 5.04. The Morgan fingerprint density at radius 1 is 1.27 bits per heavy atom. The van der Waals surface area contributed by atoms with E-state index in [1.165, 1.54) is 21.7 Å². The van der Waals surface area contributed by atoms with Crippen molar-refractivity contribution < 1.29 is 19.4 Å². The second-order valence-electron chi connectivity index (χ2n) is 7.63. The van der Waals surface area contributed by atoms with E-state index >= 15 is 0 Å². The molecule has 0 spiro atoms. The summed E-state index contributed by atoms with van der Waals surface area (Å²) < 4.78 is 7.39. The number of aliphatic hydroxyl groups is 1. The Bertz CT molecular complexity index is 1040. The lowest BCUT2D eigenvalue weighted by Crippen LogP contribution is -2.49. The lowest BCUT2D eigenvalue weighted by Gasteiger charge is -2.31. The van der Waals surface area contributed by atoms with Crippen molar-refractivity contribution in [1.82, 2.24) is 9.61 Å². The Morgan fingerprint density at radius 2 is 2.00 bits per heavy atom. The number of nitriles is 1. The van der Waals surface area contributed by atoms with Gasteiger partial charge < -0.3 is 9.84 Å². The third-order valence-electron chi connectivity index (χ3n) is 6.18. The van der Waals surface area contributed by atoms with E-state index in [9.17, 15) is 20.0 Å². The van der Waals surface area contributed by atoms with Crippen molar-refractivity contribution in [2.75, 3.05) is 4.90 Å². The number of nitrogens with zero attached hydrogens (tertiary/aromatic N) is 4. The summed E-state index contributed by atoms with van der Waals surface area (Å²) in [6, 6.07) is 6.83. The first-order valence-electron chi connectivity index (χ1n) is 8.45. The van der Waals surface area contributed by atoms with Gasteiger partial charge in [-0.05, 0) is 32.0 Å². The summed E-state index contributed by atoms with van der Waals surface area (Å²) in [4.78, 5) is 27.6. The molecule has 0 aliphatic carbocycles. The van der Waals surface area contributed by atoms with Crippen LogP contribution in [0, 0.1) is 23.2 Å².